The van der Waals surface area contributed by atoms with Crippen molar-refractivity contribution in [2.24, 2.45) is 7.05 Å². The molecule has 5 aromatic rings. The van der Waals surface area contributed by atoms with Gasteiger partial charge in [-0.15, -0.1) is 0 Å². The van der Waals surface area contributed by atoms with Gasteiger partial charge in [-0.1, -0.05) is 36.4 Å². The molecule has 0 saturated heterocycles. The van der Waals surface area contributed by atoms with Crippen molar-refractivity contribution in [1.82, 2.24) is 23.9 Å². The third-order valence-corrected chi connectivity index (χ3v) is 6.54. The van der Waals surface area contributed by atoms with Crippen molar-refractivity contribution >= 4 is 21.8 Å². The summed E-state index contributed by atoms with van der Waals surface area (Å²) in [5.41, 5.74) is 3.59. The van der Waals surface area contributed by atoms with Crippen molar-refractivity contribution in [2.75, 3.05) is 0 Å². The molecule has 3 heterocycles. The molecule has 0 aliphatic heterocycles. The summed E-state index contributed by atoms with van der Waals surface area (Å²) in [5.74, 6) is 0.594. The summed E-state index contributed by atoms with van der Waals surface area (Å²) in [4.78, 5) is 13.0. The van der Waals surface area contributed by atoms with Crippen molar-refractivity contribution in [1.29, 1.82) is 0 Å². The highest BCUT2D eigenvalue weighted by Crippen LogP contribution is 2.37. The fourth-order valence-corrected chi connectivity index (χ4v) is 5.07. The first-order chi connectivity index (χ1) is 15.1. The molecule has 2 aromatic carbocycles. The van der Waals surface area contributed by atoms with E-state index < -0.39 is 0 Å². The Morgan fingerprint density at radius 1 is 1.00 bits per heavy atom. The number of nitrogens with one attached hydrogen (secondary N) is 1. The van der Waals surface area contributed by atoms with Crippen LogP contribution in [-0.2, 0) is 7.05 Å². The minimum Gasteiger partial charge on any atom is -0.393 e. The molecule has 0 radical (unpaired) electrons. The molecule has 3 aromatic heterocycles. The van der Waals surface area contributed by atoms with Gasteiger partial charge in [0, 0.05) is 47.3 Å². The molecule has 0 spiro atoms. The van der Waals surface area contributed by atoms with Crippen LogP contribution in [0.3, 0.4) is 0 Å². The Morgan fingerprint density at radius 3 is 2.52 bits per heavy atom. The van der Waals surface area contributed by atoms with Gasteiger partial charge in [-0.3, -0.25) is 0 Å². The van der Waals surface area contributed by atoms with Crippen LogP contribution in [0.25, 0.3) is 38.9 Å². The first kappa shape index (κ1) is 18.2. The normalized spacial score (nSPS) is 19.0. The van der Waals surface area contributed by atoms with Crippen LogP contribution in [0.15, 0.2) is 65.7 Å². The topological polar surface area (TPSA) is 80.8 Å². The average Bonchev–Trinajstić information content (AvgIpc) is 3.54. The minimum absolute atomic E-state index is 0.220. The predicted octanol–water partition coefficient (Wildman–Crippen LogP) is 3.76. The monoisotopic (exact) mass is 413 g/mol. The number of aliphatic hydroxyl groups is 1. The quantitative estimate of drug-likeness (QED) is 0.473. The number of fused-ring (bicyclic) bond motifs is 2. The second-order valence-electron chi connectivity index (χ2n) is 8.42. The number of aliphatic hydroxyl groups excluding tert-OH is 1. The zero-order valence-electron chi connectivity index (χ0n) is 17.2. The zero-order chi connectivity index (χ0) is 21.1. The lowest BCUT2D eigenvalue weighted by molar-refractivity contribution is 0.178. The van der Waals surface area contributed by atoms with Gasteiger partial charge in [-0.2, -0.15) is 5.10 Å². The average molecular weight is 413 g/mol. The molecular weight excluding hydrogens is 390 g/mol. The van der Waals surface area contributed by atoms with Crippen LogP contribution in [0, 0.1) is 0 Å². The maximum absolute atomic E-state index is 13.0. The van der Waals surface area contributed by atoms with Gasteiger partial charge in [0.05, 0.1) is 17.3 Å². The van der Waals surface area contributed by atoms with Gasteiger partial charge < -0.3 is 14.2 Å². The summed E-state index contributed by atoms with van der Waals surface area (Å²) in [6, 6.07) is 16.5. The molecule has 0 amide bonds. The molecule has 1 aliphatic rings. The lowest BCUT2D eigenvalue weighted by atomic mass is 10.1. The highest BCUT2D eigenvalue weighted by molar-refractivity contribution is 5.96. The highest BCUT2D eigenvalue weighted by Gasteiger charge is 2.27. The van der Waals surface area contributed by atoms with Crippen LogP contribution in [0.2, 0.25) is 0 Å². The van der Waals surface area contributed by atoms with Gasteiger partial charge in [-0.05, 0) is 31.4 Å². The summed E-state index contributed by atoms with van der Waals surface area (Å²) in [5, 5.41) is 19.2. The predicted molar refractivity (Wildman–Crippen MR) is 120 cm³/mol. The second kappa shape index (κ2) is 6.72. The number of aromatic nitrogens is 5. The van der Waals surface area contributed by atoms with Gasteiger partial charge in [0.15, 0.2) is 5.82 Å². The summed E-state index contributed by atoms with van der Waals surface area (Å²) < 4.78 is 5.94. The van der Waals surface area contributed by atoms with E-state index in [4.69, 9.17) is 0 Å². The number of para-hydroxylation sites is 2. The Kier molecular flexibility index (Phi) is 3.94. The van der Waals surface area contributed by atoms with Gasteiger partial charge in [0.25, 0.3) is 0 Å². The van der Waals surface area contributed by atoms with E-state index in [1.54, 1.807) is 4.57 Å². The maximum Gasteiger partial charge on any atom is 0.348 e. The van der Waals surface area contributed by atoms with Crippen LogP contribution < -0.4 is 5.69 Å². The fourth-order valence-electron chi connectivity index (χ4n) is 5.07. The van der Waals surface area contributed by atoms with E-state index in [2.05, 4.69) is 37.5 Å². The van der Waals surface area contributed by atoms with Crippen molar-refractivity contribution in [3.63, 3.8) is 0 Å². The van der Waals surface area contributed by atoms with Crippen molar-refractivity contribution in [2.45, 2.75) is 31.4 Å². The number of aromatic amines is 1. The van der Waals surface area contributed by atoms with Gasteiger partial charge in [0.1, 0.15) is 0 Å². The van der Waals surface area contributed by atoms with Gasteiger partial charge in [-0.25, -0.2) is 14.5 Å². The molecule has 1 saturated carbocycles. The molecule has 2 unspecified atom stereocenters. The largest absolute Gasteiger partial charge is 0.393 e. The Balaban J connectivity index is 1.60. The van der Waals surface area contributed by atoms with Gasteiger partial charge >= 0.3 is 5.69 Å². The van der Waals surface area contributed by atoms with Crippen LogP contribution in [0.5, 0.6) is 0 Å². The maximum atomic E-state index is 13.0. The number of rotatable bonds is 3. The second-order valence-corrected chi connectivity index (χ2v) is 8.42. The smallest absolute Gasteiger partial charge is 0.348 e. The van der Waals surface area contributed by atoms with E-state index in [9.17, 15) is 9.90 Å². The van der Waals surface area contributed by atoms with Crippen LogP contribution in [0.1, 0.15) is 25.3 Å². The van der Waals surface area contributed by atoms with E-state index in [-0.39, 0.29) is 17.8 Å². The molecule has 2 atom stereocenters. The Labute approximate surface area is 178 Å². The lowest BCUT2D eigenvalue weighted by Crippen LogP contribution is -2.15. The Morgan fingerprint density at radius 2 is 1.74 bits per heavy atom. The van der Waals surface area contributed by atoms with Gasteiger partial charge in [0.2, 0.25) is 0 Å². The van der Waals surface area contributed by atoms with Crippen molar-refractivity contribution in [3.8, 4) is 17.1 Å². The van der Waals surface area contributed by atoms with Crippen LogP contribution >= 0.6 is 0 Å². The summed E-state index contributed by atoms with van der Waals surface area (Å²) in [7, 11) is 2.00. The van der Waals surface area contributed by atoms with Crippen molar-refractivity contribution < 1.29 is 5.11 Å². The number of benzene rings is 2. The van der Waals surface area contributed by atoms with E-state index >= 15 is 0 Å². The highest BCUT2D eigenvalue weighted by atomic mass is 16.3. The molecule has 1 aliphatic carbocycles. The standard InChI is InChI=1S/C24H23N5O2/c1-27-13-19(17-6-2-4-8-20(17)27)23-25-26-24(31)29(23)22-14-28(15-10-11-16(30)12-15)21-9-5-3-7-18(21)22/h2-9,13-16,30H,10-12H2,1H3,(H,26,31). The molecule has 31 heavy (non-hydrogen) atoms. The third kappa shape index (κ3) is 2.70. The van der Waals surface area contributed by atoms with E-state index in [0.717, 1.165) is 52.3 Å². The van der Waals surface area contributed by atoms with Crippen molar-refractivity contribution in [3.05, 3.63) is 71.4 Å². The molecule has 6 rings (SSSR count). The van der Waals surface area contributed by atoms with E-state index in [0.29, 0.717) is 5.82 Å². The Hall–Kier alpha value is -3.58. The molecule has 156 valence electrons. The van der Waals surface area contributed by atoms with Crippen LogP contribution in [-0.4, -0.2) is 35.1 Å². The minimum atomic E-state index is -0.266. The Bertz CT molecular complexity index is 1480. The number of H-pyrrole nitrogens is 1. The zero-order valence-corrected chi connectivity index (χ0v) is 17.2. The van der Waals surface area contributed by atoms with Crippen LogP contribution in [0.4, 0.5) is 0 Å². The number of hydrogen-bond acceptors (Lipinski definition) is 3. The molecule has 7 nitrogen and oxygen atoms in total. The molecular formula is C24H23N5O2. The van der Waals surface area contributed by atoms with E-state index in [1.807, 2.05) is 49.8 Å². The SMILES string of the molecule is Cn1cc(-c2n[nH]c(=O)n2-c2cn(C3CCC(O)C3)c3ccccc23)c2ccccc21. The first-order valence-electron chi connectivity index (χ1n) is 10.6. The molecule has 1 fully saturated rings. The fraction of sp³-hybridized carbons (Fsp3) is 0.250. The number of aryl methyl sites for hydroxylation is 1. The lowest BCUT2D eigenvalue weighted by Gasteiger charge is -2.13. The van der Waals surface area contributed by atoms with E-state index in [1.165, 1.54) is 0 Å². The number of hydrogen-bond donors (Lipinski definition) is 2. The molecule has 0 bridgehead atoms. The summed E-state index contributed by atoms with van der Waals surface area (Å²) >= 11 is 0. The molecule has 7 heteroatoms. The summed E-state index contributed by atoms with van der Waals surface area (Å²) in [6.07, 6.45) is 6.25. The number of nitrogens with zero attached hydrogens (tertiary/aromatic N) is 4. The molecule has 2 N–H and O–H groups in total. The third-order valence-electron chi connectivity index (χ3n) is 6.54. The first-order valence-corrected chi connectivity index (χ1v) is 10.6. The summed E-state index contributed by atoms with van der Waals surface area (Å²) in [6.45, 7) is 0.